The van der Waals surface area contributed by atoms with E-state index >= 15 is 0 Å². The second kappa shape index (κ2) is 7.42. The molecule has 0 aliphatic carbocycles. The first-order valence-electron chi connectivity index (χ1n) is 5.41. The zero-order valence-corrected chi connectivity index (χ0v) is 10.5. The molecule has 0 aromatic heterocycles. The van der Waals surface area contributed by atoms with Crippen LogP contribution in [0.15, 0.2) is 4.99 Å². The molecule has 1 atom stereocenters. The van der Waals surface area contributed by atoms with Crippen molar-refractivity contribution in [3.63, 3.8) is 0 Å². The number of nitrogens with two attached hydrogens (primary N) is 1. The van der Waals surface area contributed by atoms with Crippen LogP contribution in [-0.4, -0.2) is 54.7 Å². The molecule has 16 heavy (non-hydrogen) atoms. The average Bonchev–Trinajstić information content (AvgIpc) is 2.28. The number of nitrogens with zero attached hydrogens (tertiary/aromatic N) is 2. The highest BCUT2D eigenvalue weighted by molar-refractivity contribution is 7.99. The molecular weight excluding hydrogens is 222 g/mol. The van der Waals surface area contributed by atoms with E-state index in [1.807, 2.05) is 6.92 Å². The Morgan fingerprint density at radius 2 is 2.56 bits per heavy atom. The minimum atomic E-state index is 0.235. The largest absolute Gasteiger partial charge is 0.375 e. The number of hydrogen-bond donors (Lipinski definition) is 1. The third-order valence-corrected chi connectivity index (χ3v) is 3.10. The van der Waals surface area contributed by atoms with Gasteiger partial charge in [0.15, 0.2) is 5.96 Å². The van der Waals surface area contributed by atoms with Crippen LogP contribution in [0.25, 0.3) is 0 Å². The van der Waals surface area contributed by atoms with Crippen LogP contribution in [0.5, 0.6) is 0 Å². The fourth-order valence-corrected chi connectivity index (χ4v) is 1.96. The Labute approximate surface area is 102 Å². The Hall–Kier alpha value is -0.860. The summed E-state index contributed by atoms with van der Waals surface area (Å²) in [7, 11) is 0. The normalized spacial score (nSPS) is 21.9. The Balaban J connectivity index is 2.24. The lowest BCUT2D eigenvalue weighted by molar-refractivity contribution is 0.00531. The van der Waals surface area contributed by atoms with E-state index in [1.165, 1.54) is 0 Å². The highest BCUT2D eigenvalue weighted by Gasteiger charge is 2.17. The van der Waals surface area contributed by atoms with Gasteiger partial charge < -0.3 is 15.4 Å². The van der Waals surface area contributed by atoms with Crippen LogP contribution in [0.3, 0.4) is 0 Å². The molecule has 0 amide bonds. The van der Waals surface area contributed by atoms with Gasteiger partial charge in [0.2, 0.25) is 0 Å². The molecule has 0 aromatic carbocycles. The van der Waals surface area contributed by atoms with Crippen molar-refractivity contribution in [1.82, 2.24) is 4.90 Å². The lowest BCUT2D eigenvalue weighted by Gasteiger charge is -2.31. The van der Waals surface area contributed by atoms with Gasteiger partial charge in [-0.2, -0.15) is 0 Å². The molecule has 1 heterocycles. The summed E-state index contributed by atoms with van der Waals surface area (Å²) in [6.45, 7) is 5.15. The number of guanidine groups is 1. The molecule has 1 fully saturated rings. The summed E-state index contributed by atoms with van der Waals surface area (Å²) in [5, 5.41) is 0. The number of aliphatic imine (C=N–C) groups is 1. The van der Waals surface area contributed by atoms with E-state index in [0.717, 1.165) is 37.7 Å². The molecule has 4 nitrogen and oxygen atoms in total. The quantitative estimate of drug-likeness (QED) is 0.335. The van der Waals surface area contributed by atoms with E-state index in [0.29, 0.717) is 5.96 Å². The van der Waals surface area contributed by atoms with Gasteiger partial charge in [0.05, 0.1) is 25.0 Å². The van der Waals surface area contributed by atoms with E-state index in [9.17, 15) is 0 Å². The molecule has 0 saturated carbocycles. The highest BCUT2D eigenvalue weighted by Crippen LogP contribution is 2.04. The Morgan fingerprint density at radius 3 is 3.25 bits per heavy atom. The van der Waals surface area contributed by atoms with Gasteiger partial charge in [-0.3, -0.25) is 4.99 Å². The monoisotopic (exact) mass is 241 g/mol. The summed E-state index contributed by atoms with van der Waals surface area (Å²) < 4.78 is 5.44. The molecule has 90 valence electrons. The highest BCUT2D eigenvalue weighted by atomic mass is 32.2. The van der Waals surface area contributed by atoms with Gasteiger partial charge in [0, 0.05) is 18.8 Å². The molecule has 5 heteroatoms. The van der Waals surface area contributed by atoms with Crippen molar-refractivity contribution in [1.29, 1.82) is 0 Å². The number of ether oxygens (including phenoxy) is 1. The second-order valence-corrected chi connectivity index (χ2v) is 4.73. The van der Waals surface area contributed by atoms with Crippen molar-refractivity contribution in [2.45, 2.75) is 13.0 Å². The van der Waals surface area contributed by atoms with Crippen LogP contribution in [0.1, 0.15) is 6.92 Å². The van der Waals surface area contributed by atoms with Gasteiger partial charge >= 0.3 is 0 Å². The van der Waals surface area contributed by atoms with Crippen LogP contribution < -0.4 is 5.73 Å². The summed E-state index contributed by atoms with van der Waals surface area (Å²) in [6.07, 6.45) is 5.38. The maximum atomic E-state index is 5.90. The lowest BCUT2D eigenvalue weighted by Crippen LogP contribution is -2.47. The topological polar surface area (TPSA) is 50.8 Å². The first-order valence-corrected chi connectivity index (χ1v) is 6.57. The standard InChI is InChI=1S/C11H19N3OS/c1-3-7-16-8-4-13-11(12)14-5-6-15-10(2)9-14/h1,10H,4-9H2,2H3,(H2,12,13). The molecule has 0 spiro atoms. The first-order chi connectivity index (χ1) is 7.74. The molecule has 0 bridgehead atoms. The summed E-state index contributed by atoms with van der Waals surface area (Å²) in [5.41, 5.74) is 5.90. The Bertz CT molecular complexity index is 275. The van der Waals surface area contributed by atoms with Crippen LogP contribution >= 0.6 is 11.8 Å². The summed E-state index contributed by atoms with van der Waals surface area (Å²) in [4.78, 5) is 6.40. The van der Waals surface area contributed by atoms with Crippen molar-refractivity contribution in [2.75, 3.05) is 37.7 Å². The van der Waals surface area contributed by atoms with E-state index in [1.54, 1.807) is 11.8 Å². The number of rotatable bonds is 4. The lowest BCUT2D eigenvalue weighted by atomic mass is 10.3. The second-order valence-electron chi connectivity index (χ2n) is 3.62. The van der Waals surface area contributed by atoms with E-state index in [2.05, 4.69) is 15.8 Å². The predicted molar refractivity (Wildman–Crippen MR) is 69.6 cm³/mol. The van der Waals surface area contributed by atoms with Gasteiger partial charge in [0.1, 0.15) is 0 Å². The third-order valence-electron chi connectivity index (χ3n) is 2.26. The predicted octanol–water partition coefficient (Wildman–Crippen LogP) is 0.388. The number of terminal acetylenes is 1. The molecule has 1 unspecified atom stereocenters. The van der Waals surface area contributed by atoms with Crippen molar-refractivity contribution < 1.29 is 4.74 Å². The SMILES string of the molecule is C#CCSCCN=C(N)N1CCOC(C)C1. The van der Waals surface area contributed by atoms with Crippen molar-refractivity contribution in [2.24, 2.45) is 10.7 Å². The fourth-order valence-electron chi connectivity index (χ4n) is 1.48. The maximum absolute atomic E-state index is 5.90. The average molecular weight is 241 g/mol. The number of morpholine rings is 1. The van der Waals surface area contributed by atoms with Gasteiger partial charge in [-0.15, -0.1) is 18.2 Å². The summed E-state index contributed by atoms with van der Waals surface area (Å²) in [5.74, 6) is 4.86. The Morgan fingerprint density at radius 1 is 1.75 bits per heavy atom. The zero-order chi connectivity index (χ0) is 11.8. The number of thioether (sulfide) groups is 1. The van der Waals surface area contributed by atoms with Crippen molar-refractivity contribution in [3.05, 3.63) is 0 Å². The fraction of sp³-hybridized carbons (Fsp3) is 0.727. The molecule has 1 rings (SSSR count). The summed E-state index contributed by atoms with van der Waals surface area (Å²) in [6, 6.07) is 0. The minimum Gasteiger partial charge on any atom is -0.375 e. The zero-order valence-electron chi connectivity index (χ0n) is 9.69. The van der Waals surface area contributed by atoms with Crippen LogP contribution in [0, 0.1) is 12.3 Å². The molecule has 0 aromatic rings. The summed E-state index contributed by atoms with van der Waals surface area (Å²) >= 11 is 1.70. The van der Waals surface area contributed by atoms with Crippen LogP contribution in [0.2, 0.25) is 0 Å². The van der Waals surface area contributed by atoms with E-state index < -0.39 is 0 Å². The molecule has 2 N–H and O–H groups in total. The Kier molecular flexibility index (Phi) is 6.12. The van der Waals surface area contributed by atoms with Gasteiger partial charge in [-0.05, 0) is 6.92 Å². The molecular formula is C11H19N3OS. The number of hydrogen-bond acceptors (Lipinski definition) is 3. The maximum Gasteiger partial charge on any atom is 0.191 e. The van der Waals surface area contributed by atoms with Gasteiger partial charge in [-0.1, -0.05) is 5.92 Å². The minimum absolute atomic E-state index is 0.235. The van der Waals surface area contributed by atoms with E-state index in [4.69, 9.17) is 16.9 Å². The molecule has 0 radical (unpaired) electrons. The first kappa shape index (κ1) is 13.2. The van der Waals surface area contributed by atoms with Crippen molar-refractivity contribution >= 4 is 17.7 Å². The smallest absolute Gasteiger partial charge is 0.191 e. The van der Waals surface area contributed by atoms with Gasteiger partial charge in [0.25, 0.3) is 0 Å². The van der Waals surface area contributed by atoms with Crippen molar-refractivity contribution in [3.8, 4) is 12.3 Å². The third kappa shape index (κ3) is 4.77. The molecule has 1 aliphatic heterocycles. The molecule has 1 saturated heterocycles. The van der Waals surface area contributed by atoms with E-state index in [-0.39, 0.29) is 6.10 Å². The van der Waals surface area contributed by atoms with Crippen LogP contribution in [-0.2, 0) is 4.74 Å². The molecule has 1 aliphatic rings. The van der Waals surface area contributed by atoms with Gasteiger partial charge in [-0.25, -0.2) is 0 Å². The van der Waals surface area contributed by atoms with Crippen LogP contribution in [0.4, 0.5) is 0 Å².